The zero-order chi connectivity index (χ0) is 25.3. The number of aryl methyl sites for hydroxylation is 2. The van der Waals surface area contributed by atoms with Crippen molar-refractivity contribution in [3.8, 4) is 0 Å². The quantitative estimate of drug-likeness (QED) is 0.117. The zero-order valence-electron chi connectivity index (χ0n) is 23.5. The van der Waals surface area contributed by atoms with Crippen LogP contribution in [-0.2, 0) is 12.8 Å². The van der Waals surface area contributed by atoms with Gasteiger partial charge in [-0.3, -0.25) is 9.97 Å². The normalized spacial score (nSPS) is 11.6. The van der Waals surface area contributed by atoms with Gasteiger partial charge in [0.25, 0.3) is 0 Å². The van der Waals surface area contributed by atoms with E-state index in [9.17, 15) is 0 Å². The van der Waals surface area contributed by atoms with Crippen LogP contribution in [0.2, 0.25) is 0 Å². The molecule has 3 rings (SSSR count). The molecule has 0 aliphatic carbocycles. The Hall–Kier alpha value is -1.96. The maximum Gasteiger partial charge on any atom is 0.0967 e. The number of aromatic nitrogens is 2. The largest absolute Gasteiger partial charge is 0.254 e. The van der Waals surface area contributed by atoms with E-state index in [0.717, 1.165) is 23.9 Å². The van der Waals surface area contributed by atoms with Gasteiger partial charge in [0.05, 0.1) is 11.0 Å². The van der Waals surface area contributed by atoms with Crippen LogP contribution in [0.4, 0.5) is 0 Å². The summed E-state index contributed by atoms with van der Waals surface area (Å²) in [4.78, 5) is 9.59. The minimum absolute atomic E-state index is 1.09. The molecule has 1 aromatic carbocycles. The van der Waals surface area contributed by atoms with Crippen LogP contribution in [0.3, 0.4) is 0 Å². The Labute approximate surface area is 221 Å². The molecule has 36 heavy (non-hydrogen) atoms. The molecule has 0 aliphatic rings. The highest BCUT2D eigenvalue weighted by Gasteiger charge is 2.10. The molecule has 2 heteroatoms. The summed E-state index contributed by atoms with van der Waals surface area (Å²) < 4.78 is 0. The Balaban J connectivity index is 1.49. The van der Waals surface area contributed by atoms with Crippen LogP contribution in [0.1, 0.15) is 141 Å². The molecule has 0 bridgehead atoms. The van der Waals surface area contributed by atoms with Gasteiger partial charge in [-0.1, -0.05) is 129 Å². The van der Waals surface area contributed by atoms with Crippen LogP contribution < -0.4 is 0 Å². The van der Waals surface area contributed by atoms with Gasteiger partial charge in [0.2, 0.25) is 0 Å². The van der Waals surface area contributed by atoms with Crippen molar-refractivity contribution in [1.82, 2.24) is 9.97 Å². The molecule has 0 saturated carbocycles. The first-order chi connectivity index (χ1) is 17.8. The molecule has 0 radical (unpaired) electrons. The lowest BCUT2D eigenvalue weighted by molar-refractivity contribution is 0.565. The van der Waals surface area contributed by atoms with Gasteiger partial charge in [0.15, 0.2) is 0 Å². The summed E-state index contributed by atoms with van der Waals surface area (Å²) in [6.07, 6.45) is 31.1. The van der Waals surface area contributed by atoms with E-state index >= 15 is 0 Å². The number of hydrogen-bond acceptors (Lipinski definition) is 2. The highest BCUT2D eigenvalue weighted by Crippen LogP contribution is 2.28. The van der Waals surface area contributed by atoms with Gasteiger partial charge in [-0.05, 0) is 48.9 Å². The van der Waals surface area contributed by atoms with Crippen LogP contribution in [0.15, 0.2) is 36.7 Å². The first-order valence-corrected chi connectivity index (χ1v) is 15.5. The van der Waals surface area contributed by atoms with Crippen LogP contribution in [0, 0.1) is 0 Å². The molecule has 0 unspecified atom stereocenters. The van der Waals surface area contributed by atoms with Crippen LogP contribution in [-0.4, -0.2) is 9.97 Å². The van der Waals surface area contributed by atoms with Crippen molar-refractivity contribution in [2.45, 2.75) is 142 Å². The monoisotopic (exact) mass is 488 g/mol. The molecular formula is C34H52N2. The van der Waals surface area contributed by atoms with E-state index in [2.05, 4.69) is 38.1 Å². The van der Waals surface area contributed by atoms with Gasteiger partial charge in [-0.2, -0.15) is 0 Å². The van der Waals surface area contributed by atoms with Crippen molar-refractivity contribution in [2.24, 2.45) is 0 Å². The van der Waals surface area contributed by atoms with E-state index in [1.807, 2.05) is 12.4 Å². The summed E-state index contributed by atoms with van der Waals surface area (Å²) in [6.45, 7) is 4.58. The van der Waals surface area contributed by atoms with E-state index < -0.39 is 0 Å². The van der Waals surface area contributed by atoms with E-state index in [-0.39, 0.29) is 0 Å². The van der Waals surface area contributed by atoms with Crippen LogP contribution in [0.25, 0.3) is 21.8 Å². The van der Waals surface area contributed by atoms with Crippen molar-refractivity contribution in [3.63, 3.8) is 0 Å². The number of fused-ring (bicyclic) bond motifs is 3. The van der Waals surface area contributed by atoms with E-state index in [1.54, 1.807) is 0 Å². The predicted molar refractivity (Wildman–Crippen MR) is 159 cm³/mol. The SMILES string of the molecule is CCCCCCCCCCCc1ccnc2c1ccc1c(CCCCCCCCCCC)ccnc12. The third-order valence-electron chi connectivity index (χ3n) is 7.90. The molecule has 0 amide bonds. The minimum Gasteiger partial charge on any atom is -0.254 e. The van der Waals surface area contributed by atoms with Crippen LogP contribution in [0.5, 0.6) is 0 Å². The number of unbranched alkanes of at least 4 members (excludes halogenated alkanes) is 16. The Bertz CT molecular complexity index is 912. The van der Waals surface area contributed by atoms with Gasteiger partial charge >= 0.3 is 0 Å². The van der Waals surface area contributed by atoms with Crippen molar-refractivity contribution < 1.29 is 0 Å². The fraction of sp³-hybridized carbons (Fsp3) is 0.647. The average molecular weight is 489 g/mol. The molecule has 0 N–H and O–H groups in total. The molecule has 2 nitrogen and oxygen atoms in total. The average Bonchev–Trinajstić information content (AvgIpc) is 2.91. The lowest BCUT2D eigenvalue weighted by Crippen LogP contribution is -1.95. The van der Waals surface area contributed by atoms with Gasteiger partial charge in [-0.25, -0.2) is 0 Å². The molecule has 2 heterocycles. The van der Waals surface area contributed by atoms with Crippen molar-refractivity contribution >= 4 is 21.8 Å². The van der Waals surface area contributed by atoms with Gasteiger partial charge < -0.3 is 0 Å². The van der Waals surface area contributed by atoms with E-state index in [1.165, 1.54) is 137 Å². The summed E-state index contributed by atoms with van der Waals surface area (Å²) >= 11 is 0. The second kappa shape index (κ2) is 17.5. The smallest absolute Gasteiger partial charge is 0.0967 e. The first kappa shape index (κ1) is 28.6. The molecule has 198 valence electrons. The molecule has 0 spiro atoms. The Kier molecular flexibility index (Phi) is 13.9. The number of rotatable bonds is 20. The Morgan fingerprint density at radius 2 is 0.750 bits per heavy atom. The fourth-order valence-corrected chi connectivity index (χ4v) is 5.63. The van der Waals surface area contributed by atoms with Gasteiger partial charge in [0.1, 0.15) is 0 Å². The maximum absolute atomic E-state index is 4.79. The van der Waals surface area contributed by atoms with Gasteiger partial charge in [0, 0.05) is 23.2 Å². The number of hydrogen-bond donors (Lipinski definition) is 0. The van der Waals surface area contributed by atoms with E-state index in [0.29, 0.717) is 0 Å². The first-order valence-electron chi connectivity index (χ1n) is 15.5. The standard InChI is InChI=1S/C34H52N2/c1-3-5-7-9-11-13-15-17-19-21-29-25-27-35-33-31(29)23-24-32-30(26-28-36-34(32)33)22-20-18-16-14-12-10-8-6-4-2/h23-28H,3-22H2,1-2H3. The Morgan fingerprint density at radius 1 is 0.417 bits per heavy atom. The second-order valence-electron chi connectivity index (χ2n) is 11.0. The predicted octanol–water partition coefficient (Wildman–Crippen LogP) is 10.9. The van der Waals surface area contributed by atoms with Crippen LogP contribution >= 0.6 is 0 Å². The lowest BCUT2D eigenvalue weighted by atomic mass is 9.97. The topological polar surface area (TPSA) is 25.8 Å². The zero-order valence-corrected chi connectivity index (χ0v) is 23.5. The number of pyridine rings is 2. The lowest BCUT2D eigenvalue weighted by Gasteiger charge is -2.11. The second-order valence-corrected chi connectivity index (χ2v) is 11.0. The Morgan fingerprint density at radius 3 is 1.11 bits per heavy atom. The van der Waals surface area contributed by atoms with Crippen molar-refractivity contribution in [3.05, 3.63) is 47.8 Å². The fourth-order valence-electron chi connectivity index (χ4n) is 5.63. The summed E-state index contributed by atoms with van der Waals surface area (Å²) in [7, 11) is 0. The van der Waals surface area contributed by atoms with Crippen molar-refractivity contribution in [1.29, 1.82) is 0 Å². The molecule has 2 aromatic heterocycles. The third kappa shape index (κ3) is 9.49. The molecule has 0 aliphatic heterocycles. The molecular weight excluding hydrogens is 436 g/mol. The third-order valence-corrected chi connectivity index (χ3v) is 7.90. The molecule has 3 aromatic rings. The molecule has 0 atom stereocenters. The highest BCUT2D eigenvalue weighted by atomic mass is 14.7. The highest BCUT2D eigenvalue weighted by molar-refractivity contribution is 6.04. The molecule has 0 saturated heterocycles. The molecule has 0 fully saturated rings. The van der Waals surface area contributed by atoms with E-state index in [4.69, 9.17) is 9.97 Å². The van der Waals surface area contributed by atoms with Gasteiger partial charge in [-0.15, -0.1) is 0 Å². The summed E-state index contributed by atoms with van der Waals surface area (Å²) in [5.41, 5.74) is 5.07. The summed E-state index contributed by atoms with van der Waals surface area (Å²) in [5.74, 6) is 0. The van der Waals surface area contributed by atoms with Crippen molar-refractivity contribution in [2.75, 3.05) is 0 Å². The minimum atomic E-state index is 1.09. The maximum atomic E-state index is 4.79. The number of benzene rings is 1. The number of nitrogens with zero attached hydrogens (tertiary/aromatic N) is 2. The summed E-state index contributed by atoms with van der Waals surface area (Å²) in [6, 6.07) is 9.08. The summed E-state index contributed by atoms with van der Waals surface area (Å²) in [5, 5.41) is 2.61.